The van der Waals surface area contributed by atoms with E-state index >= 15 is 0 Å². The normalized spacial score (nSPS) is 22.4. The van der Waals surface area contributed by atoms with E-state index in [1.54, 1.807) is 0 Å². The lowest BCUT2D eigenvalue weighted by atomic mass is 9.92. The summed E-state index contributed by atoms with van der Waals surface area (Å²) < 4.78 is 5.42. The van der Waals surface area contributed by atoms with Crippen LogP contribution in [0.1, 0.15) is 40.0 Å². The summed E-state index contributed by atoms with van der Waals surface area (Å²) in [5, 5.41) is 2.92. The average molecular weight is 199 g/mol. The number of carbonyl (C=O) groups is 1. The molecule has 1 unspecified atom stereocenters. The van der Waals surface area contributed by atoms with Crippen LogP contribution in [-0.2, 0) is 9.53 Å². The van der Waals surface area contributed by atoms with Crippen molar-refractivity contribution in [3.63, 3.8) is 0 Å². The number of ether oxygens (including phenoxy) is 1. The summed E-state index contributed by atoms with van der Waals surface area (Å²) in [5.74, 6) is 0.132. The molecule has 3 nitrogen and oxygen atoms in total. The first-order chi connectivity index (χ1) is 6.47. The highest BCUT2D eigenvalue weighted by Gasteiger charge is 2.19. The molecule has 1 amide bonds. The zero-order chi connectivity index (χ0) is 10.6. The molecule has 0 aromatic heterocycles. The maximum atomic E-state index is 11.4. The van der Waals surface area contributed by atoms with Crippen molar-refractivity contribution in [2.45, 2.75) is 46.1 Å². The van der Waals surface area contributed by atoms with E-state index in [4.69, 9.17) is 4.74 Å². The molecule has 1 aliphatic heterocycles. The van der Waals surface area contributed by atoms with Crippen LogP contribution in [0.25, 0.3) is 0 Å². The molecule has 1 saturated heterocycles. The van der Waals surface area contributed by atoms with Crippen molar-refractivity contribution in [1.29, 1.82) is 0 Å². The summed E-state index contributed by atoms with van der Waals surface area (Å²) in [6, 6.07) is 0. The summed E-state index contributed by atoms with van der Waals surface area (Å²) in [4.78, 5) is 11.4. The Kier molecular flexibility index (Phi) is 3.93. The van der Waals surface area contributed by atoms with Gasteiger partial charge in [-0.25, -0.2) is 0 Å². The predicted octanol–water partition coefficient (Wildman–Crippen LogP) is 1.72. The highest BCUT2D eigenvalue weighted by Crippen LogP contribution is 2.18. The standard InChI is InChI=1S/C11H21NO2/c1-11(2,3)7-10(13)12-8-9-5-4-6-14-9/h9H,4-8H2,1-3H3,(H,12,13). The molecule has 0 aromatic rings. The number of nitrogens with one attached hydrogen (secondary N) is 1. The van der Waals surface area contributed by atoms with Crippen LogP contribution in [0.15, 0.2) is 0 Å². The van der Waals surface area contributed by atoms with E-state index in [1.165, 1.54) is 0 Å². The minimum atomic E-state index is 0.0701. The molecule has 14 heavy (non-hydrogen) atoms. The fourth-order valence-electron chi connectivity index (χ4n) is 1.58. The zero-order valence-electron chi connectivity index (χ0n) is 9.43. The second kappa shape index (κ2) is 4.78. The third-order valence-electron chi connectivity index (χ3n) is 2.24. The van der Waals surface area contributed by atoms with Crippen molar-refractivity contribution in [3.05, 3.63) is 0 Å². The fourth-order valence-corrected chi connectivity index (χ4v) is 1.58. The summed E-state index contributed by atoms with van der Waals surface area (Å²) >= 11 is 0. The smallest absolute Gasteiger partial charge is 0.220 e. The van der Waals surface area contributed by atoms with Crippen LogP contribution in [0.5, 0.6) is 0 Å². The van der Waals surface area contributed by atoms with Gasteiger partial charge in [-0.15, -0.1) is 0 Å². The third-order valence-corrected chi connectivity index (χ3v) is 2.24. The Bertz CT molecular complexity index is 190. The molecule has 1 rings (SSSR count). The van der Waals surface area contributed by atoms with Crippen LogP contribution in [0.3, 0.4) is 0 Å². The quantitative estimate of drug-likeness (QED) is 0.751. The van der Waals surface area contributed by atoms with Crippen molar-refractivity contribution in [3.8, 4) is 0 Å². The number of hydrogen-bond donors (Lipinski definition) is 1. The van der Waals surface area contributed by atoms with Gasteiger partial charge in [-0.1, -0.05) is 20.8 Å². The molecular formula is C11H21NO2. The molecule has 0 spiro atoms. The molecule has 1 atom stereocenters. The van der Waals surface area contributed by atoms with Gasteiger partial charge in [0.25, 0.3) is 0 Å². The first kappa shape index (κ1) is 11.5. The Hall–Kier alpha value is -0.570. The van der Waals surface area contributed by atoms with E-state index < -0.39 is 0 Å². The largest absolute Gasteiger partial charge is 0.376 e. The number of amides is 1. The van der Waals surface area contributed by atoms with Crippen LogP contribution < -0.4 is 5.32 Å². The van der Waals surface area contributed by atoms with Gasteiger partial charge < -0.3 is 10.1 Å². The zero-order valence-corrected chi connectivity index (χ0v) is 9.43. The van der Waals surface area contributed by atoms with Gasteiger partial charge in [0.05, 0.1) is 6.10 Å². The lowest BCUT2D eigenvalue weighted by Gasteiger charge is -2.18. The highest BCUT2D eigenvalue weighted by atomic mass is 16.5. The molecule has 1 aliphatic rings. The highest BCUT2D eigenvalue weighted by molar-refractivity contribution is 5.76. The summed E-state index contributed by atoms with van der Waals surface area (Å²) in [5.41, 5.74) is 0.0701. The van der Waals surface area contributed by atoms with Crippen LogP contribution >= 0.6 is 0 Å². The van der Waals surface area contributed by atoms with E-state index in [9.17, 15) is 4.79 Å². The maximum absolute atomic E-state index is 11.4. The van der Waals surface area contributed by atoms with Crippen LogP contribution in [0, 0.1) is 5.41 Å². The lowest BCUT2D eigenvalue weighted by Crippen LogP contribution is -2.33. The molecule has 0 aliphatic carbocycles. The first-order valence-electron chi connectivity index (χ1n) is 5.36. The van der Waals surface area contributed by atoms with Crippen LogP contribution in [0.4, 0.5) is 0 Å². The average Bonchev–Trinajstić information content (AvgIpc) is 2.49. The van der Waals surface area contributed by atoms with Crippen molar-refractivity contribution >= 4 is 5.91 Å². The Morgan fingerprint density at radius 1 is 1.50 bits per heavy atom. The minimum absolute atomic E-state index is 0.0701. The number of rotatable bonds is 3. The molecular weight excluding hydrogens is 178 g/mol. The fraction of sp³-hybridized carbons (Fsp3) is 0.909. The molecule has 1 N–H and O–H groups in total. The van der Waals surface area contributed by atoms with E-state index in [0.717, 1.165) is 19.4 Å². The summed E-state index contributed by atoms with van der Waals surface area (Å²) in [6.45, 7) is 7.73. The number of hydrogen-bond acceptors (Lipinski definition) is 2. The maximum Gasteiger partial charge on any atom is 0.220 e. The number of carbonyl (C=O) groups excluding carboxylic acids is 1. The van der Waals surface area contributed by atoms with E-state index in [-0.39, 0.29) is 17.4 Å². The molecule has 3 heteroatoms. The second-order valence-electron chi connectivity index (χ2n) is 5.18. The topological polar surface area (TPSA) is 38.3 Å². The predicted molar refractivity (Wildman–Crippen MR) is 56.1 cm³/mol. The van der Waals surface area contributed by atoms with Gasteiger partial charge in [0, 0.05) is 19.6 Å². The van der Waals surface area contributed by atoms with Crippen molar-refractivity contribution in [1.82, 2.24) is 5.32 Å². The van der Waals surface area contributed by atoms with E-state index in [1.807, 2.05) is 0 Å². The summed E-state index contributed by atoms with van der Waals surface area (Å²) in [6.07, 6.45) is 3.04. The van der Waals surface area contributed by atoms with E-state index in [2.05, 4.69) is 26.1 Å². The third kappa shape index (κ3) is 4.61. The van der Waals surface area contributed by atoms with Crippen molar-refractivity contribution < 1.29 is 9.53 Å². The van der Waals surface area contributed by atoms with Gasteiger partial charge >= 0.3 is 0 Å². The van der Waals surface area contributed by atoms with Crippen LogP contribution in [-0.4, -0.2) is 25.2 Å². The first-order valence-corrected chi connectivity index (χ1v) is 5.36. The lowest BCUT2D eigenvalue weighted by molar-refractivity contribution is -0.123. The molecule has 0 radical (unpaired) electrons. The molecule has 1 fully saturated rings. The van der Waals surface area contributed by atoms with Gasteiger partial charge in [-0.3, -0.25) is 4.79 Å². The Labute approximate surface area is 86.2 Å². The SMILES string of the molecule is CC(C)(C)CC(=O)NCC1CCCO1. The van der Waals surface area contributed by atoms with Gasteiger partial charge in [0.1, 0.15) is 0 Å². The van der Waals surface area contributed by atoms with Crippen molar-refractivity contribution in [2.24, 2.45) is 5.41 Å². The van der Waals surface area contributed by atoms with Gasteiger partial charge in [-0.05, 0) is 18.3 Å². The van der Waals surface area contributed by atoms with Gasteiger partial charge in [-0.2, -0.15) is 0 Å². The van der Waals surface area contributed by atoms with Crippen molar-refractivity contribution in [2.75, 3.05) is 13.2 Å². The Morgan fingerprint density at radius 3 is 2.71 bits per heavy atom. The monoisotopic (exact) mass is 199 g/mol. The molecule has 0 aromatic carbocycles. The molecule has 1 heterocycles. The Balaban J connectivity index is 2.14. The Morgan fingerprint density at radius 2 is 2.21 bits per heavy atom. The summed E-state index contributed by atoms with van der Waals surface area (Å²) in [7, 11) is 0. The van der Waals surface area contributed by atoms with Crippen LogP contribution in [0.2, 0.25) is 0 Å². The minimum Gasteiger partial charge on any atom is -0.376 e. The molecule has 0 saturated carbocycles. The molecule has 0 bridgehead atoms. The second-order valence-corrected chi connectivity index (χ2v) is 5.18. The van der Waals surface area contributed by atoms with Gasteiger partial charge in [0.2, 0.25) is 5.91 Å². The van der Waals surface area contributed by atoms with Gasteiger partial charge in [0.15, 0.2) is 0 Å². The van der Waals surface area contributed by atoms with E-state index in [0.29, 0.717) is 13.0 Å². The molecule has 82 valence electrons.